The largest absolute Gasteiger partial charge is 0.378 e. The van der Waals surface area contributed by atoms with Crippen LogP contribution < -0.4 is 5.32 Å². The van der Waals surface area contributed by atoms with Crippen LogP contribution in [-0.2, 0) is 4.74 Å². The summed E-state index contributed by atoms with van der Waals surface area (Å²) in [5, 5.41) is 3.40. The van der Waals surface area contributed by atoms with Gasteiger partial charge in [-0.25, -0.2) is 0 Å². The van der Waals surface area contributed by atoms with Crippen molar-refractivity contribution in [2.24, 2.45) is 11.3 Å². The van der Waals surface area contributed by atoms with Crippen molar-refractivity contribution in [2.45, 2.75) is 58.1 Å². The van der Waals surface area contributed by atoms with E-state index in [1.807, 2.05) is 0 Å². The highest BCUT2D eigenvalue weighted by Crippen LogP contribution is 2.46. The van der Waals surface area contributed by atoms with Gasteiger partial charge in [0.25, 0.3) is 0 Å². The molecule has 2 aliphatic carbocycles. The first-order chi connectivity index (χ1) is 7.20. The number of rotatable bonds is 6. The van der Waals surface area contributed by atoms with E-state index < -0.39 is 0 Å². The van der Waals surface area contributed by atoms with Crippen LogP contribution in [0.2, 0.25) is 0 Å². The third-order valence-electron chi connectivity index (χ3n) is 4.63. The summed E-state index contributed by atoms with van der Waals surface area (Å²) in [6.45, 7) is 5.63. The molecular weight excluding hydrogens is 186 g/mol. The molecule has 0 spiro atoms. The minimum absolute atomic E-state index is 0.373. The third-order valence-corrected chi connectivity index (χ3v) is 4.63. The van der Waals surface area contributed by atoms with Gasteiger partial charge in [-0.15, -0.1) is 0 Å². The van der Waals surface area contributed by atoms with Crippen molar-refractivity contribution >= 4 is 0 Å². The zero-order valence-electron chi connectivity index (χ0n) is 10.4. The summed E-state index contributed by atoms with van der Waals surface area (Å²) < 4.78 is 6.03. The van der Waals surface area contributed by atoms with Gasteiger partial charge in [0.05, 0.1) is 6.10 Å². The molecule has 0 radical (unpaired) electrons. The molecule has 0 heterocycles. The van der Waals surface area contributed by atoms with Crippen LogP contribution in [0, 0.1) is 11.3 Å². The molecule has 1 N–H and O–H groups in total. The van der Waals surface area contributed by atoms with Crippen molar-refractivity contribution in [1.82, 2.24) is 5.32 Å². The molecule has 88 valence electrons. The van der Waals surface area contributed by atoms with Crippen LogP contribution in [0.4, 0.5) is 0 Å². The lowest BCUT2D eigenvalue weighted by Gasteiger charge is -2.53. The van der Waals surface area contributed by atoms with Gasteiger partial charge in [0.2, 0.25) is 0 Å². The molecule has 0 aromatic carbocycles. The van der Waals surface area contributed by atoms with Crippen molar-refractivity contribution < 1.29 is 4.74 Å². The van der Waals surface area contributed by atoms with Gasteiger partial charge < -0.3 is 10.1 Å². The molecule has 3 atom stereocenters. The van der Waals surface area contributed by atoms with Gasteiger partial charge in [0.1, 0.15) is 0 Å². The Bertz CT molecular complexity index is 215. The second kappa shape index (κ2) is 4.42. The zero-order valence-corrected chi connectivity index (χ0v) is 10.4. The molecule has 2 saturated carbocycles. The highest BCUT2D eigenvalue weighted by Gasteiger charge is 2.50. The molecular formula is C13H25NO. The van der Waals surface area contributed by atoms with Crippen molar-refractivity contribution in [3.8, 4) is 0 Å². The van der Waals surface area contributed by atoms with Crippen LogP contribution in [0.1, 0.15) is 46.0 Å². The van der Waals surface area contributed by atoms with Gasteiger partial charge in [-0.05, 0) is 32.2 Å². The lowest BCUT2D eigenvalue weighted by atomic mass is 9.61. The normalized spacial score (nSPS) is 40.2. The van der Waals surface area contributed by atoms with Gasteiger partial charge in [-0.2, -0.15) is 0 Å². The number of nitrogens with one attached hydrogen (secondary N) is 1. The Morgan fingerprint density at radius 3 is 2.67 bits per heavy atom. The lowest BCUT2D eigenvalue weighted by Crippen LogP contribution is -2.61. The quantitative estimate of drug-likeness (QED) is 0.729. The van der Waals surface area contributed by atoms with E-state index in [2.05, 4.69) is 26.2 Å². The molecule has 0 aromatic heterocycles. The summed E-state index contributed by atoms with van der Waals surface area (Å²) in [5.41, 5.74) is 0.373. The fourth-order valence-electron chi connectivity index (χ4n) is 2.78. The molecule has 3 unspecified atom stereocenters. The average Bonchev–Trinajstić information content (AvgIpc) is 3.04. The van der Waals surface area contributed by atoms with E-state index in [-0.39, 0.29) is 0 Å². The van der Waals surface area contributed by atoms with E-state index in [4.69, 9.17) is 4.74 Å². The maximum Gasteiger partial charge on any atom is 0.0658 e. The summed E-state index contributed by atoms with van der Waals surface area (Å²) in [6.07, 6.45) is 7.09. The van der Waals surface area contributed by atoms with Crippen LogP contribution in [-0.4, -0.2) is 25.8 Å². The Balaban J connectivity index is 1.72. The van der Waals surface area contributed by atoms with Gasteiger partial charge in [0, 0.05) is 18.1 Å². The third kappa shape index (κ3) is 2.21. The van der Waals surface area contributed by atoms with E-state index in [1.54, 1.807) is 0 Å². The predicted octanol–water partition coefficient (Wildman–Crippen LogP) is 2.58. The van der Waals surface area contributed by atoms with Gasteiger partial charge in [0.15, 0.2) is 0 Å². The second-order valence-electron chi connectivity index (χ2n) is 5.53. The van der Waals surface area contributed by atoms with Crippen molar-refractivity contribution in [2.75, 3.05) is 13.7 Å². The minimum Gasteiger partial charge on any atom is -0.378 e. The van der Waals surface area contributed by atoms with E-state index in [0.29, 0.717) is 17.6 Å². The molecule has 0 aromatic rings. The SMILES string of the molecule is CCC1(C)C(NC)CC1OCCC1CC1. The molecule has 0 amide bonds. The first kappa shape index (κ1) is 11.4. The van der Waals surface area contributed by atoms with Crippen LogP contribution in [0.5, 0.6) is 0 Å². The fraction of sp³-hybridized carbons (Fsp3) is 1.00. The summed E-state index contributed by atoms with van der Waals surface area (Å²) in [5.74, 6) is 0.998. The Morgan fingerprint density at radius 1 is 1.40 bits per heavy atom. The van der Waals surface area contributed by atoms with E-state index in [1.165, 1.54) is 32.1 Å². The predicted molar refractivity (Wildman–Crippen MR) is 62.9 cm³/mol. The summed E-state index contributed by atoms with van der Waals surface area (Å²) in [6, 6.07) is 0.661. The first-order valence-electron chi connectivity index (χ1n) is 6.49. The Labute approximate surface area is 93.8 Å². The van der Waals surface area contributed by atoms with Crippen LogP contribution >= 0.6 is 0 Å². The maximum absolute atomic E-state index is 6.03. The topological polar surface area (TPSA) is 21.3 Å². The van der Waals surface area contributed by atoms with Crippen LogP contribution in [0.15, 0.2) is 0 Å². The molecule has 0 aliphatic heterocycles. The monoisotopic (exact) mass is 211 g/mol. The standard InChI is InChI=1S/C13H25NO/c1-4-13(2)11(14-3)9-12(13)15-8-7-10-5-6-10/h10-12,14H,4-9H2,1-3H3. The summed E-state index contributed by atoms with van der Waals surface area (Å²) >= 11 is 0. The Morgan fingerprint density at radius 2 is 2.13 bits per heavy atom. The molecule has 2 rings (SSSR count). The van der Waals surface area contributed by atoms with Crippen LogP contribution in [0.3, 0.4) is 0 Å². The van der Waals surface area contributed by atoms with Gasteiger partial charge in [-0.1, -0.05) is 26.7 Å². The molecule has 2 fully saturated rings. The summed E-state index contributed by atoms with van der Waals surface area (Å²) in [4.78, 5) is 0. The lowest BCUT2D eigenvalue weighted by molar-refractivity contribution is -0.128. The molecule has 2 heteroatoms. The minimum atomic E-state index is 0.373. The van der Waals surface area contributed by atoms with Crippen molar-refractivity contribution in [3.05, 3.63) is 0 Å². The van der Waals surface area contributed by atoms with Crippen molar-refractivity contribution in [1.29, 1.82) is 0 Å². The molecule has 15 heavy (non-hydrogen) atoms. The molecule has 2 nitrogen and oxygen atoms in total. The van der Waals surface area contributed by atoms with Crippen LogP contribution in [0.25, 0.3) is 0 Å². The van der Waals surface area contributed by atoms with E-state index in [9.17, 15) is 0 Å². The molecule has 0 saturated heterocycles. The highest BCUT2D eigenvalue weighted by molar-refractivity contribution is 5.04. The smallest absolute Gasteiger partial charge is 0.0658 e. The van der Waals surface area contributed by atoms with Crippen molar-refractivity contribution in [3.63, 3.8) is 0 Å². The van der Waals surface area contributed by atoms with E-state index >= 15 is 0 Å². The summed E-state index contributed by atoms with van der Waals surface area (Å²) in [7, 11) is 2.07. The fourth-order valence-corrected chi connectivity index (χ4v) is 2.78. The number of hydrogen-bond donors (Lipinski definition) is 1. The van der Waals surface area contributed by atoms with Gasteiger partial charge >= 0.3 is 0 Å². The number of hydrogen-bond acceptors (Lipinski definition) is 2. The zero-order chi connectivity index (χ0) is 10.9. The Hall–Kier alpha value is -0.0800. The highest BCUT2D eigenvalue weighted by atomic mass is 16.5. The second-order valence-corrected chi connectivity index (χ2v) is 5.53. The van der Waals surface area contributed by atoms with E-state index in [0.717, 1.165) is 12.5 Å². The first-order valence-corrected chi connectivity index (χ1v) is 6.49. The molecule has 2 aliphatic rings. The van der Waals surface area contributed by atoms with Gasteiger partial charge in [-0.3, -0.25) is 0 Å². The maximum atomic E-state index is 6.03. The Kier molecular flexibility index (Phi) is 3.36. The average molecular weight is 211 g/mol. The molecule has 0 bridgehead atoms. The number of ether oxygens (including phenoxy) is 1.